The van der Waals surface area contributed by atoms with Gasteiger partial charge in [-0.3, -0.25) is 9.59 Å². The number of rotatable bonds is 5. The average Bonchev–Trinajstić information content (AvgIpc) is 3.24. The zero-order valence-electron chi connectivity index (χ0n) is 18.1. The van der Waals surface area contributed by atoms with Crippen molar-refractivity contribution < 1.29 is 9.59 Å². The summed E-state index contributed by atoms with van der Waals surface area (Å²) >= 11 is 0. The topological polar surface area (TPSA) is 40.6 Å². The van der Waals surface area contributed by atoms with E-state index in [1.807, 2.05) is 65.6 Å². The lowest BCUT2D eigenvalue weighted by molar-refractivity contribution is -0.138. The maximum atomic E-state index is 13.4. The molecule has 4 nitrogen and oxygen atoms in total. The lowest BCUT2D eigenvalue weighted by Gasteiger charge is -2.32. The van der Waals surface area contributed by atoms with Gasteiger partial charge in [0.2, 0.25) is 5.91 Å². The highest BCUT2D eigenvalue weighted by atomic mass is 16.2. The normalized spacial score (nSPS) is 18.1. The molecule has 1 fully saturated rings. The van der Waals surface area contributed by atoms with Gasteiger partial charge >= 0.3 is 0 Å². The third-order valence-corrected chi connectivity index (χ3v) is 6.15. The first-order valence-corrected chi connectivity index (χ1v) is 10.7. The van der Waals surface area contributed by atoms with Crippen LogP contribution >= 0.6 is 0 Å². The van der Waals surface area contributed by atoms with Crippen molar-refractivity contribution in [3.63, 3.8) is 0 Å². The molecule has 0 aromatic heterocycles. The lowest BCUT2D eigenvalue weighted by atomic mass is 9.77. The Morgan fingerprint density at radius 1 is 0.871 bits per heavy atom. The maximum absolute atomic E-state index is 13.4. The molecule has 4 rings (SSSR count). The molecular weight excluding hydrogens is 384 g/mol. The summed E-state index contributed by atoms with van der Waals surface area (Å²) in [6.45, 7) is 1.02. The summed E-state index contributed by atoms with van der Waals surface area (Å²) in [5, 5.41) is 0. The van der Waals surface area contributed by atoms with Crippen LogP contribution < -0.4 is 0 Å². The first kappa shape index (κ1) is 20.9. The summed E-state index contributed by atoms with van der Waals surface area (Å²) < 4.78 is 0. The third kappa shape index (κ3) is 4.24. The van der Waals surface area contributed by atoms with Gasteiger partial charge in [-0.05, 0) is 41.7 Å². The molecule has 0 aliphatic carbocycles. The molecule has 3 aromatic rings. The first-order valence-electron chi connectivity index (χ1n) is 10.7. The van der Waals surface area contributed by atoms with Gasteiger partial charge in [-0.2, -0.15) is 0 Å². The minimum Gasteiger partial charge on any atom is -0.348 e. The molecule has 31 heavy (non-hydrogen) atoms. The van der Waals surface area contributed by atoms with Gasteiger partial charge in [0, 0.05) is 32.7 Å². The van der Waals surface area contributed by atoms with E-state index in [1.54, 1.807) is 19.0 Å². The summed E-state index contributed by atoms with van der Waals surface area (Å²) in [6.07, 6.45) is 1.26. The van der Waals surface area contributed by atoms with Gasteiger partial charge in [0.15, 0.2) is 0 Å². The Bertz CT molecular complexity index is 1060. The highest BCUT2D eigenvalue weighted by molar-refractivity contribution is 5.95. The van der Waals surface area contributed by atoms with Crippen LogP contribution in [0.3, 0.4) is 0 Å². The number of benzene rings is 3. The summed E-state index contributed by atoms with van der Waals surface area (Å²) in [6, 6.07) is 27.9. The van der Waals surface area contributed by atoms with Crippen molar-refractivity contribution in [2.45, 2.75) is 12.8 Å². The zero-order valence-corrected chi connectivity index (χ0v) is 18.1. The van der Waals surface area contributed by atoms with Crippen molar-refractivity contribution >= 4 is 11.8 Å². The number of hydrogen-bond donors (Lipinski definition) is 0. The third-order valence-electron chi connectivity index (χ3n) is 6.15. The second-order valence-corrected chi connectivity index (χ2v) is 8.52. The number of amides is 2. The molecule has 1 atom stereocenters. The van der Waals surface area contributed by atoms with Crippen LogP contribution in [0.1, 0.15) is 22.3 Å². The predicted octanol–water partition coefficient (Wildman–Crippen LogP) is 4.52. The van der Waals surface area contributed by atoms with Gasteiger partial charge in [-0.25, -0.2) is 0 Å². The predicted molar refractivity (Wildman–Crippen MR) is 124 cm³/mol. The van der Waals surface area contributed by atoms with Crippen LogP contribution in [0, 0.1) is 5.41 Å². The summed E-state index contributed by atoms with van der Waals surface area (Å²) in [5.74, 6) is 0.0732. The largest absolute Gasteiger partial charge is 0.348 e. The second-order valence-electron chi connectivity index (χ2n) is 8.52. The molecule has 0 spiro atoms. The molecule has 2 amide bonds. The second kappa shape index (κ2) is 8.76. The monoisotopic (exact) mass is 412 g/mol. The van der Waals surface area contributed by atoms with Gasteiger partial charge in [0.05, 0.1) is 5.41 Å². The van der Waals surface area contributed by atoms with Gasteiger partial charge in [0.1, 0.15) is 0 Å². The quantitative estimate of drug-likeness (QED) is 0.618. The Morgan fingerprint density at radius 3 is 2.16 bits per heavy atom. The summed E-state index contributed by atoms with van der Waals surface area (Å²) in [4.78, 5) is 30.0. The fourth-order valence-corrected chi connectivity index (χ4v) is 4.62. The van der Waals surface area contributed by atoms with E-state index < -0.39 is 5.41 Å². The molecule has 1 heterocycles. The molecule has 158 valence electrons. The van der Waals surface area contributed by atoms with Crippen molar-refractivity contribution in [2.75, 3.05) is 27.2 Å². The van der Waals surface area contributed by atoms with Crippen molar-refractivity contribution in [3.8, 4) is 11.1 Å². The fourth-order valence-electron chi connectivity index (χ4n) is 4.62. The van der Waals surface area contributed by atoms with E-state index in [1.165, 1.54) is 0 Å². The molecule has 1 aliphatic rings. The minimum absolute atomic E-state index is 0.00891. The van der Waals surface area contributed by atoms with Crippen LogP contribution in [0.15, 0.2) is 84.9 Å². The van der Waals surface area contributed by atoms with Crippen molar-refractivity contribution in [1.82, 2.24) is 9.80 Å². The summed E-state index contributed by atoms with van der Waals surface area (Å²) in [7, 11) is 3.60. The molecule has 3 aromatic carbocycles. The Balaban J connectivity index is 1.67. The summed E-state index contributed by atoms with van der Waals surface area (Å²) in [5.41, 5.74) is 3.46. The molecule has 0 bridgehead atoms. The van der Waals surface area contributed by atoms with E-state index in [0.717, 1.165) is 16.7 Å². The van der Waals surface area contributed by atoms with E-state index in [2.05, 4.69) is 24.3 Å². The number of hydrogen-bond acceptors (Lipinski definition) is 2. The Hall–Kier alpha value is -3.40. The fraction of sp³-hybridized carbons (Fsp3) is 0.259. The number of carbonyl (C=O) groups excluding carboxylic acids is 2. The lowest BCUT2D eigenvalue weighted by Crippen LogP contribution is -2.44. The van der Waals surface area contributed by atoms with Gasteiger partial charge in [0.25, 0.3) is 5.91 Å². The van der Waals surface area contributed by atoms with Crippen LogP contribution in [0.2, 0.25) is 0 Å². The van der Waals surface area contributed by atoms with Crippen LogP contribution in [0.5, 0.6) is 0 Å². The highest BCUT2D eigenvalue weighted by Crippen LogP contribution is 2.39. The number of likely N-dealkylation sites (tertiary alicyclic amines) is 1. The zero-order chi connectivity index (χ0) is 21.8. The van der Waals surface area contributed by atoms with E-state index in [4.69, 9.17) is 0 Å². The molecule has 1 aliphatic heterocycles. The van der Waals surface area contributed by atoms with E-state index in [9.17, 15) is 9.59 Å². The maximum Gasteiger partial charge on any atom is 0.253 e. The molecule has 0 unspecified atom stereocenters. The highest BCUT2D eigenvalue weighted by Gasteiger charge is 2.47. The smallest absolute Gasteiger partial charge is 0.253 e. The molecule has 1 saturated heterocycles. The van der Waals surface area contributed by atoms with E-state index >= 15 is 0 Å². The molecule has 0 radical (unpaired) electrons. The minimum atomic E-state index is -0.626. The van der Waals surface area contributed by atoms with E-state index in [0.29, 0.717) is 31.5 Å². The van der Waals surface area contributed by atoms with Crippen molar-refractivity contribution in [3.05, 3.63) is 96.1 Å². The van der Waals surface area contributed by atoms with Crippen LogP contribution in [-0.2, 0) is 11.2 Å². The Kier molecular flexibility index (Phi) is 5.90. The molecule has 0 N–H and O–H groups in total. The van der Waals surface area contributed by atoms with E-state index in [-0.39, 0.29) is 11.8 Å². The Morgan fingerprint density at radius 2 is 1.48 bits per heavy atom. The number of nitrogens with zero attached hydrogens (tertiary/aromatic N) is 2. The van der Waals surface area contributed by atoms with Gasteiger partial charge in [-0.15, -0.1) is 0 Å². The number of carbonyl (C=O) groups is 2. The van der Waals surface area contributed by atoms with Crippen molar-refractivity contribution in [2.24, 2.45) is 5.41 Å². The van der Waals surface area contributed by atoms with Crippen LogP contribution in [0.4, 0.5) is 0 Å². The van der Waals surface area contributed by atoms with Crippen LogP contribution in [0.25, 0.3) is 11.1 Å². The average molecular weight is 413 g/mol. The van der Waals surface area contributed by atoms with Crippen LogP contribution in [-0.4, -0.2) is 48.8 Å². The molecule has 0 saturated carbocycles. The first-order chi connectivity index (χ1) is 15.0. The van der Waals surface area contributed by atoms with Gasteiger partial charge in [-0.1, -0.05) is 72.8 Å². The van der Waals surface area contributed by atoms with Gasteiger partial charge < -0.3 is 9.80 Å². The SMILES string of the molecule is CN(C)C(=O)[C@]1(Cc2ccccc2-c2ccccc2)CCN(C(=O)c2ccccc2)C1. The molecular formula is C27H28N2O2. The molecule has 4 heteroatoms. The standard InChI is InChI=1S/C27H28N2O2/c1-28(2)26(31)27(17-18-29(20-27)25(30)22-13-7-4-8-14-22)19-23-15-9-10-16-24(23)21-11-5-3-6-12-21/h3-16H,17-20H2,1-2H3/t27-/m0/s1. The van der Waals surface area contributed by atoms with Crippen molar-refractivity contribution in [1.29, 1.82) is 0 Å². The Labute approximate surface area is 184 Å².